The first-order chi connectivity index (χ1) is 36.5. The third kappa shape index (κ3) is 60.8. The van der Waals surface area contributed by atoms with Crippen LogP contribution >= 0.6 is 0 Å². The van der Waals surface area contributed by atoms with E-state index in [0.717, 1.165) is 64.2 Å². The topological polar surface area (TPSA) is 78.9 Å². The molecule has 436 valence electrons. The molecule has 0 spiro atoms. The Morgan fingerprint density at radius 2 is 0.459 bits per heavy atom. The van der Waals surface area contributed by atoms with E-state index < -0.39 is 6.10 Å². The maximum absolute atomic E-state index is 12.8. The summed E-state index contributed by atoms with van der Waals surface area (Å²) in [5.74, 6) is -0.859. The number of rotatable bonds is 62. The highest BCUT2D eigenvalue weighted by Crippen LogP contribution is 2.18. The van der Waals surface area contributed by atoms with Crippen molar-refractivity contribution in [1.82, 2.24) is 0 Å². The Kier molecular flexibility index (Phi) is 61.6. The number of allylic oxidation sites excluding steroid dienone is 4. The summed E-state index contributed by atoms with van der Waals surface area (Å²) in [4.78, 5) is 38.0. The molecule has 0 heterocycles. The number of carbonyl (C=O) groups excluding carboxylic acids is 3. The molecule has 6 nitrogen and oxygen atoms in total. The van der Waals surface area contributed by atoms with Gasteiger partial charge in [-0.2, -0.15) is 0 Å². The molecule has 0 aromatic rings. The molecule has 0 aliphatic rings. The molecule has 0 saturated heterocycles. The molecule has 0 amide bonds. The number of esters is 3. The summed E-state index contributed by atoms with van der Waals surface area (Å²) >= 11 is 0. The quantitative estimate of drug-likeness (QED) is 0.0261. The fraction of sp³-hybridized carbons (Fsp3) is 0.897. The van der Waals surface area contributed by atoms with Crippen LogP contribution in [0.15, 0.2) is 24.3 Å². The first-order valence-corrected chi connectivity index (χ1v) is 33.3. The van der Waals surface area contributed by atoms with E-state index in [9.17, 15) is 14.4 Å². The second-order valence-corrected chi connectivity index (χ2v) is 22.7. The Morgan fingerprint density at radius 1 is 0.257 bits per heavy atom. The van der Waals surface area contributed by atoms with Crippen LogP contribution in [-0.2, 0) is 28.6 Å². The largest absolute Gasteiger partial charge is 0.462 e. The monoisotopic (exact) mass is 1040 g/mol. The minimum atomic E-state index is -0.769. The maximum Gasteiger partial charge on any atom is 0.306 e. The molecule has 0 aliphatic heterocycles. The van der Waals surface area contributed by atoms with Gasteiger partial charge in [0.05, 0.1) is 0 Å². The van der Waals surface area contributed by atoms with E-state index in [1.165, 1.54) is 270 Å². The molecule has 0 saturated carbocycles. The van der Waals surface area contributed by atoms with Gasteiger partial charge < -0.3 is 14.2 Å². The summed E-state index contributed by atoms with van der Waals surface area (Å²) in [6.07, 6.45) is 76.7. The third-order valence-electron chi connectivity index (χ3n) is 15.2. The summed E-state index contributed by atoms with van der Waals surface area (Å²) in [6.45, 7) is 6.63. The highest BCUT2D eigenvalue weighted by atomic mass is 16.6. The average Bonchev–Trinajstić information content (AvgIpc) is 3.40. The second-order valence-electron chi connectivity index (χ2n) is 22.7. The van der Waals surface area contributed by atoms with Crippen LogP contribution in [0.3, 0.4) is 0 Å². The number of unbranched alkanes of at least 4 members (excludes halogenated alkanes) is 47. The molecular formula is C68H128O6. The van der Waals surface area contributed by atoms with E-state index in [4.69, 9.17) is 14.2 Å². The Bertz CT molecular complexity index is 1190. The normalized spacial score (nSPS) is 12.1. The van der Waals surface area contributed by atoms with Crippen LogP contribution in [0.25, 0.3) is 0 Å². The van der Waals surface area contributed by atoms with Gasteiger partial charge in [-0.25, -0.2) is 0 Å². The predicted molar refractivity (Wildman–Crippen MR) is 321 cm³/mol. The number of hydrogen-bond acceptors (Lipinski definition) is 6. The number of carbonyl (C=O) groups is 3. The Labute approximate surface area is 462 Å². The van der Waals surface area contributed by atoms with Crippen molar-refractivity contribution in [2.24, 2.45) is 0 Å². The highest BCUT2D eigenvalue weighted by Gasteiger charge is 2.19. The van der Waals surface area contributed by atoms with Crippen LogP contribution < -0.4 is 0 Å². The summed E-state index contributed by atoms with van der Waals surface area (Å²) < 4.78 is 16.8. The SMILES string of the molecule is CCCC/C=C\CCCCCCCC(=O)OC(COC(=O)CCCCCCCCCCCC)COC(=O)CCCCCCCCCCCCCCCCCCCCCCCCC/C=C\CCCCCCCCCC. The van der Waals surface area contributed by atoms with Gasteiger partial charge in [-0.15, -0.1) is 0 Å². The van der Waals surface area contributed by atoms with E-state index in [1.54, 1.807) is 0 Å². The van der Waals surface area contributed by atoms with Crippen LogP contribution in [0.4, 0.5) is 0 Å². The Hall–Kier alpha value is -2.11. The van der Waals surface area contributed by atoms with Gasteiger partial charge in [0.1, 0.15) is 13.2 Å². The average molecular weight is 1040 g/mol. The van der Waals surface area contributed by atoms with E-state index in [0.29, 0.717) is 19.3 Å². The van der Waals surface area contributed by atoms with Crippen molar-refractivity contribution in [3.63, 3.8) is 0 Å². The molecule has 0 aliphatic carbocycles. The Balaban J connectivity index is 3.91. The van der Waals surface area contributed by atoms with E-state index >= 15 is 0 Å². The lowest BCUT2D eigenvalue weighted by Gasteiger charge is -2.18. The van der Waals surface area contributed by atoms with Crippen molar-refractivity contribution in [3.8, 4) is 0 Å². The van der Waals surface area contributed by atoms with Crippen LogP contribution in [0.1, 0.15) is 374 Å². The summed E-state index contributed by atoms with van der Waals surface area (Å²) in [6, 6.07) is 0. The zero-order chi connectivity index (χ0) is 53.6. The summed E-state index contributed by atoms with van der Waals surface area (Å²) in [5, 5.41) is 0. The molecule has 74 heavy (non-hydrogen) atoms. The van der Waals surface area contributed by atoms with Gasteiger partial charge in [0.2, 0.25) is 0 Å². The Morgan fingerprint density at radius 3 is 0.716 bits per heavy atom. The zero-order valence-corrected chi connectivity index (χ0v) is 50.1. The van der Waals surface area contributed by atoms with Crippen molar-refractivity contribution in [2.75, 3.05) is 13.2 Å². The summed E-state index contributed by atoms with van der Waals surface area (Å²) in [5.41, 5.74) is 0. The molecule has 0 aromatic heterocycles. The number of ether oxygens (including phenoxy) is 3. The van der Waals surface area contributed by atoms with Crippen molar-refractivity contribution in [2.45, 2.75) is 380 Å². The lowest BCUT2D eigenvalue weighted by atomic mass is 10.0. The van der Waals surface area contributed by atoms with Crippen LogP contribution in [0.2, 0.25) is 0 Å². The first kappa shape index (κ1) is 71.9. The van der Waals surface area contributed by atoms with Gasteiger partial charge in [0.25, 0.3) is 0 Å². The van der Waals surface area contributed by atoms with E-state index in [1.807, 2.05) is 0 Å². The lowest BCUT2D eigenvalue weighted by Crippen LogP contribution is -2.30. The standard InChI is InChI=1S/C68H128O6/c1-4-7-10-13-16-19-22-23-24-25-26-27-28-29-30-31-32-33-34-35-36-37-38-39-40-41-42-43-44-45-47-49-52-55-58-61-67(70)73-64-65(63-72-66(69)60-57-54-51-48-21-18-15-12-9-6-3)74-68(71)62-59-56-53-50-46-20-17-14-11-8-5-2/h14,17,25-26,65H,4-13,15-16,18-24,27-64H2,1-3H3/b17-14-,26-25-. The molecule has 0 fully saturated rings. The smallest absolute Gasteiger partial charge is 0.306 e. The van der Waals surface area contributed by atoms with Crippen molar-refractivity contribution >= 4 is 17.9 Å². The van der Waals surface area contributed by atoms with Gasteiger partial charge in [-0.05, 0) is 64.2 Å². The zero-order valence-electron chi connectivity index (χ0n) is 50.1. The molecule has 0 N–H and O–H groups in total. The lowest BCUT2D eigenvalue weighted by molar-refractivity contribution is -0.167. The van der Waals surface area contributed by atoms with Crippen LogP contribution in [0, 0.1) is 0 Å². The molecule has 0 bridgehead atoms. The molecule has 1 atom stereocenters. The highest BCUT2D eigenvalue weighted by molar-refractivity contribution is 5.71. The first-order valence-electron chi connectivity index (χ1n) is 33.3. The summed E-state index contributed by atoms with van der Waals surface area (Å²) in [7, 11) is 0. The predicted octanol–water partition coefficient (Wildman–Crippen LogP) is 22.6. The third-order valence-corrected chi connectivity index (χ3v) is 15.2. The van der Waals surface area contributed by atoms with Crippen molar-refractivity contribution < 1.29 is 28.6 Å². The maximum atomic E-state index is 12.8. The minimum absolute atomic E-state index is 0.0690. The van der Waals surface area contributed by atoms with Gasteiger partial charge in [0.15, 0.2) is 6.10 Å². The molecule has 1 unspecified atom stereocenters. The molecular weight excluding hydrogens is 913 g/mol. The van der Waals surface area contributed by atoms with Crippen LogP contribution in [-0.4, -0.2) is 37.2 Å². The fourth-order valence-corrected chi connectivity index (χ4v) is 10.1. The fourth-order valence-electron chi connectivity index (χ4n) is 10.1. The van der Waals surface area contributed by atoms with Crippen LogP contribution in [0.5, 0.6) is 0 Å². The van der Waals surface area contributed by atoms with Gasteiger partial charge in [-0.3, -0.25) is 14.4 Å². The van der Waals surface area contributed by atoms with Gasteiger partial charge in [-0.1, -0.05) is 315 Å². The van der Waals surface area contributed by atoms with E-state index in [-0.39, 0.29) is 31.1 Å². The van der Waals surface area contributed by atoms with Crippen molar-refractivity contribution in [3.05, 3.63) is 24.3 Å². The van der Waals surface area contributed by atoms with E-state index in [2.05, 4.69) is 45.1 Å². The molecule has 6 heteroatoms. The minimum Gasteiger partial charge on any atom is -0.462 e. The van der Waals surface area contributed by atoms with Crippen molar-refractivity contribution in [1.29, 1.82) is 0 Å². The van der Waals surface area contributed by atoms with Gasteiger partial charge in [0, 0.05) is 19.3 Å². The number of hydrogen-bond donors (Lipinski definition) is 0. The van der Waals surface area contributed by atoms with Gasteiger partial charge >= 0.3 is 17.9 Å². The molecule has 0 rings (SSSR count). The molecule has 0 aromatic carbocycles. The second kappa shape index (κ2) is 63.4. The molecule has 0 radical (unpaired) electrons.